The molecule has 3 aromatic carbocycles. The van der Waals surface area contributed by atoms with Gasteiger partial charge in [0.15, 0.2) is 11.8 Å². The summed E-state index contributed by atoms with van der Waals surface area (Å²) >= 11 is 4.82. The number of rotatable bonds is 8. The van der Waals surface area contributed by atoms with E-state index in [9.17, 15) is 9.59 Å². The molecule has 0 unspecified atom stereocenters. The number of amidine groups is 1. The number of carbonyl (C=O) groups excluding carboxylic acids is 2. The lowest BCUT2D eigenvalue weighted by Crippen LogP contribution is -2.28. The van der Waals surface area contributed by atoms with Crippen LogP contribution in [-0.4, -0.2) is 28.5 Å². The molecule has 9 heteroatoms. The number of amides is 2. The van der Waals surface area contributed by atoms with Crippen LogP contribution in [0, 0.1) is 0 Å². The molecule has 1 aliphatic rings. The minimum absolute atomic E-state index is 0.136. The van der Waals surface area contributed by atoms with Crippen LogP contribution in [0.3, 0.4) is 0 Å². The summed E-state index contributed by atoms with van der Waals surface area (Å²) in [5, 5.41) is 3.36. The van der Waals surface area contributed by atoms with E-state index in [1.165, 1.54) is 11.8 Å². The molecular formula is C29H22BrN3O4S. The summed E-state index contributed by atoms with van der Waals surface area (Å²) in [6.07, 6.45) is 3.40. The highest BCUT2D eigenvalue weighted by Gasteiger charge is 2.34. The summed E-state index contributed by atoms with van der Waals surface area (Å²) in [6.45, 7) is 0.146. The monoisotopic (exact) mass is 587 g/mol. The van der Waals surface area contributed by atoms with Crippen LogP contribution in [-0.2, 0) is 16.1 Å². The Morgan fingerprint density at radius 2 is 1.79 bits per heavy atom. The Hall–Kier alpha value is -4.08. The molecule has 2 amide bonds. The number of hydrogen-bond donors (Lipinski definition) is 1. The van der Waals surface area contributed by atoms with Crippen LogP contribution in [0.2, 0.25) is 0 Å². The van der Waals surface area contributed by atoms with Crippen molar-refractivity contribution in [1.82, 2.24) is 4.90 Å². The molecule has 38 heavy (non-hydrogen) atoms. The van der Waals surface area contributed by atoms with Gasteiger partial charge >= 0.3 is 0 Å². The number of furan rings is 1. The highest BCUT2D eigenvalue weighted by Crippen LogP contribution is 2.36. The maximum absolute atomic E-state index is 13.3. The zero-order valence-corrected chi connectivity index (χ0v) is 22.4. The van der Waals surface area contributed by atoms with Crippen LogP contribution in [0.1, 0.15) is 11.3 Å². The van der Waals surface area contributed by atoms with Crippen molar-refractivity contribution in [3.63, 3.8) is 0 Å². The van der Waals surface area contributed by atoms with Gasteiger partial charge in [0.05, 0.1) is 27.9 Å². The molecule has 5 rings (SSSR count). The molecule has 1 N–H and O–H groups in total. The topological polar surface area (TPSA) is 84.1 Å². The minimum Gasteiger partial charge on any atom is -0.483 e. The lowest BCUT2D eigenvalue weighted by molar-refractivity contribution is -0.122. The average Bonchev–Trinajstić information content (AvgIpc) is 3.54. The molecule has 0 radical (unpaired) electrons. The fraction of sp³-hybridized carbons (Fsp3) is 0.0690. The zero-order chi connectivity index (χ0) is 26.3. The Morgan fingerprint density at radius 3 is 2.50 bits per heavy atom. The number of anilines is 1. The molecule has 1 aromatic heterocycles. The van der Waals surface area contributed by atoms with E-state index in [0.717, 1.165) is 11.3 Å². The van der Waals surface area contributed by atoms with Gasteiger partial charge in [-0.1, -0.05) is 42.5 Å². The lowest BCUT2D eigenvalue weighted by Gasteiger charge is -2.13. The SMILES string of the molecule is O=C(COc1ccc(/C=C2\SC(=Nc3ccccc3)N(Cc3ccco3)C2=O)cc1Br)Nc1ccccc1. The van der Waals surface area contributed by atoms with Crippen molar-refractivity contribution in [1.29, 1.82) is 0 Å². The number of hydrogen-bond acceptors (Lipinski definition) is 6. The molecular weight excluding hydrogens is 566 g/mol. The maximum atomic E-state index is 13.3. The molecule has 0 atom stereocenters. The van der Waals surface area contributed by atoms with Crippen LogP contribution in [0.5, 0.6) is 5.75 Å². The van der Waals surface area contributed by atoms with Gasteiger partial charge < -0.3 is 14.5 Å². The molecule has 1 saturated heterocycles. The molecule has 0 aliphatic carbocycles. The summed E-state index contributed by atoms with van der Waals surface area (Å²) < 4.78 is 11.8. The first-order valence-corrected chi connectivity index (χ1v) is 13.3. The Morgan fingerprint density at radius 1 is 1.03 bits per heavy atom. The second-order valence-corrected chi connectivity index (χ2v) is 10.1. The number of benzene rings is 3. The average molecular weight is 588 g/mol. The number of nitrogens with one attached hydrogen (secondary N) is 1. The Labute approximate surface area is 232 Å². The van der Waals surface area contributed by atoms with Crippen LogP contribution >= 0.6 is 27.7 Å². The summed E-state index contributed by atoms with van der Waals surface area (Å²) in [5.74, 6) is 0.771. The molecule has 0 bridgehead atoms. The van der Waals surface area contributed by atoms with Gasteiger partial charge in [-0.25, -0.2) is 4.99 Å². The molecule has 0 spiro atoms. The van der Waals surface area contributed by atoms with E-state index >= 15 is 0 Å². The summed E-state index contributed by atoms with van der Waals surface area (Å²) in [7, 11) is 0. The van der Waals surface area contributed by atoms with Crippen LogP contribution < -0.4 is 10.1 Å². The molecule has 4 aromatic rings. The van der Waals surface area contributed by atoms with Crippen molar-refractivity contribution in [2.75, 3.05) is 11.9 Å². The van der Waals surface area contributed by atoms with Crippen molar-refractivity contribution < 1.29 is 18.7 Å². The van der Waals surface area contributed by atoms with Gasteiger partial charge in [-0.05, 0) is 87.9 Å². The summed E-state index contributed by atoms with van der Waals surface area (Å²) in [4.78, 5) is 32.4. The van der Waals surface area contributed by atoms with Crippen LogP contribution in [0.25, 0.3) is 6.08 Å². The highest BCUT2D eigenvalue weighted by atomic mass is 79.9. The molecule has 1 fully saturated rings. The van der Waals surface area contributed by atoms with Crippen molar-refractivity contribution in [3.8, 4) is 5.75 Å². The first-order valence-electron chi connectivity index (χ1n) is 11.7. The van der Waals surface area contributed by atoms with Gasteiger partial charge in [-0.3, -0.25) is 14.5 Å². The second-order valence-electron chi connectivity index (χ2n) is 8.20. The number of ether oxygens (including phenoxy) is 1. The van der Waals surface area contributed by atoms with Crippen molar-refractivity contribution in [3.05, 3.63) is 118 Å². The zero-order valence-electron chi connectivity index (χ0n) is 20.0. The smallest absolute Gasteiger partial charge is 0.267 e. The van der Waals surface area contributed by atoms with E-state index in [1.807, 2.05) is 84.9 Å². The number of para-hydroxylation sites is 2. The fourth-order valence-corrected chi connectivity index (χ4v) is 5.15. The van der Waals surface area contributed by atoms with Gasteiger partial charge in [-0.2, -0.15) is 0 Å². The molecule has 7 nitrogen and oxygen atoms in total. The van der Waals surface area contributed by atoms with Crippen molar-refractivity contribution in [2.45, 2.75) is 6.54 Å². The Balaban J connectivity index is 1.31. The van der Waals surface area contributed by atoms with E-state index < -0.39 is 0 Å². The third-order valence-corrected chi connectivity index (χ3v) is 7.06. The predicted octanol–water partition coefficient (Wildman–Crippen LogP) is 6.86. The quantitative estimate of drug-likeness (QED) is 0.227. The predicted molar refractivity (Wildman–Crippen MR) is 153 cm³/mol. The Bertz CT molecular complexity index is 1490. The molecule has 1 aliphatic heterocycles. The Kier molecular flexibility index (Phi) is 8.06. The van der Waals surface area contributed by atoms with Gasteiger partial charge in [-0.15, -0.1) is 0 Å². The van der Waals surface area contributed by atoms with Crippen LogP contribution in [0.15, 0.2) is 116 Å². The second kappa shape index (κ2) is 12.0. The number of carbonyl (C=O) groups is 2. The van der Waals surface area contributed by atoms with Gasteiger partial charge in [0.25, 0.3) is 11.8 Å². The number of thioether (sulfide) groups is 1. The van der Waals surface area contributed by atoms with Gasteiger partial charge in [0.1, 0.15) is 11.5 Å². The molecule has 0 saturated carbocycles. The van der Waals surface area contributed by atoms with E-state index in [4.69, 9.17) is 14.1 Å². The number of aliphatic imine (C=N–C) groups is 1. The van der Waals surface area contributed by atoms with Gasteiger partial charge in [0, 0.05) is 5.69 Å². The molecule has 2 heterocycles. The third-order valence-electron chi connectivity index (χ3n) is 5.43. The first-order chi connectivity index (χ1) is 18.5. The van der Waals surface area contributed by atoms with Crippen LogP contribution in [0.4, 0.5) is 11.4 Å². The number of halogens is 1. The fourth-order valence-electron chi connectivity index (χ4n) is 3.64. The van der Waals surface area contributed by atoms with E-state index in [2.05, 4.69) is 21.2 Å². The number of nitrogens with zero attached hydrogens (tertiary/aromatic N) is 2. The van der Waals surface area contributed by atoms with E-state index in [0.29, 0.717) is 31.7 Å². The molecule has 190 valence electrons. The van der Waals surface area contributed by atoms with E-state index in [-0.39, 0.29) is 25.0 Å². The standard InChI is InChI=1S/C29H22BrN3O4S/c30-24-16-20(13-14-25(24)37-19-27(34)31-21-8-3-1-4-9-21)17-26-28(35)33(18-23-12-7-15-36-23)29(38-26)32-22-10-5-2-6-11-22/h1-17H,18-19H2,(H,31,34)/b26-17-,32-29?. The van der Waals surface area contributed by atoms with E-state index in [1.54, 1.807) is 23.3 Å². The maximum Gasteiger partial charge on any atom is 0.267 e. The normalized spacial score (nSPS) is 15.3. The van der Waals surface area contributed by atoms with Crippen molar-refractivity contribution >= 4 is 62.1 Å². The highest BCUT2D eigenvalue weighted by molar-refractivity contribution is 9.10. The van der Waals surface area contributed by atoms with Gasteiger partial charge in [0.2, 0.25) is 0 Å². The summed E-state index contributed by atoms with van der Waals surface area (Å²) in [6, 6.07) is 27.8. The summed E-state index contributed by atoms with van der Waals surface area (Å²) in [5.41, 5.74) is 2.26. The largest absolute Gasteiger partial charge is 0.483 e. The third kappa shape index (κ3) is 6.42. The minimum atomic E-state index is -0.260. The van der Waals surface area contributed by atoms with Crippen molar-refractivity contribution in [2.24, 2.45) is 4.99 Å². The lowest BCUT2D eigenvalue weighted by atomic mass is 10.2. The first kappa shape index (κ1) is 25.6.